The van der Waals surface area contributed by atoms with E-state index in [1.165, 1.54) is 6.20 Å². The lowest BCUT2D eigenvalue weighted by molar-refractivity contribution is 0.0961. The molecule has 0 saturated heterocycles. The van der Waals surface area contributed by atoms with E-state index in [-0.39, 0.29) is 11.8 Å². The number of pyridine rings is 1. The van der Waals surface area contributed by atoms with Crippen LogP contribution in [0.15, 0.2) is 66.9 Å². The Labute approximate surface area is 157 Å². The number of para-hydroxylation sites is 1. The minimum absolute atomic E-state index is 0.278. The van der Waals surface area contributed by atoms with E-state index >= 15 is 0 Å². The number of aromatic nitrogens is 1. The van der Waals surface area contributed by atoms with Gasteiger partial charge in [0.1, 0.15) is 0 Å². The Hall–Kier alpha value is -3.67. The van der Waals surface area contributed by atoms with Crippen molar-refractivity contribution in [2.45, 2.75) is 6.92 Å². The average Bonchev–Trinajstić information content (AvgIpc) is 2.71. The van der Waals surface area contributed by atoms with Gasteiger partial charge < -0.3 is 16.0 Å². The van der Waals surface area contributed by atoms with Gasteiger partial charge in [-0.3, -0.25) is 9.59 Å². The Morgan fingerprint density at radius 3 is 2.26 bits per heavy atom. The predicted octanol–water partition coefficient (Wildman–Crippen LogP) is 3.75. The maximum absolute atomic E-state index is 12.6. The van der Waals surface area contributed by atoms with E-state index < -0.39 is 0 Å². The lowest BCUT2D eigenvalue weighted by Crippen LogP contribution is -2.19. The second-order valence-electron chi connectivity index (χ2n) is 5.96. The molecule has 3 rings (SSSR count). The molecule has 6 heteroatoms. The largest absolute Gasteiger partial charge is 0.355 e. The Morgan fingerprint density at radius 1 is 0.852 bits per heavy atom. The van der Waals surface area contributed by atoms with Crippen LogP contribution < -0.4 is 16.0 Å². The molecule has 0 bridgehead atoms. The molecular formula is C21H20N4O2. The molecule has 0 aliphatic heterocycles. The molecule has 2 aromatic carbocycles. The highest BCUT2D eigenvalue weighted by molar-refractivity contribution is 6.06. The van der Waals surface area contributed by atoms with Gasteiger partial charge in [-0.05, 0) is 36.8 Å². The smallest absolute Gasteiger partial charge is 0.255 e. The van der Waals surface area contributed by atoms with Crippen LogP contribution in [0, 0.1) is 6.92 Å². The van der Waals surface area contributed by atoms with Crippen molar-refractivity contribution in [1.29, 1.82) is 0 Å². The number of benzene rings is 2. The molecule has 3 aromatic rings. The molecule has 0 saturated carbocycles. The zero-order valence-electron chi connectivity index (χ0n) is 15.1. The third-order valence-corrected chi connectivity index (χ3v) is 4.06. The van der Waals surface area contributed by atoms with Gasteiger partial charge in [-0.1, -0.05) is 36.4 Å². The third-order valence-electron chi connectivity index (χ3n) is 4.06. The van der Waals surface area contributed by atoms with E-state index in [1.54, 1.807) is 37.4 Å². The van der Waals surface area contributed by atoms with Crippen molar-refractivity contribution in [2.75, 3.05) is 17.7 Å². The van der Waals surface area contributed by atoms with Crippen molar-refractivity contribution in [2.24, 2.45) is 0 Å². The van der Waals surface area contributed by atoms with Crippen LogP contribution in [-0.2, 0) is 0 Å². The van der Waals surface area contributed by atoms with Crippen LogP contribution in [0.3, 0.4) is 0 Å². The molecule has 2 amide bonds. The van der Waals surface area contributed by atoms with E-state index in [2.05, 4.69) is 20.9 Å². The van der Waals surface area contributed by atoms with Gasteiger partial charge in [-0.25, -0.2) is 4.98 Å². The van der Waals surface area contributed by atoms with E-state index in [0.717, 1.165) is 11.3 Å². The summed E-state index contributed by atoms with van der Waals surface area (Å²) in [5, 5.41) is 8.63. The number of aryl methyl sites for hydroxylation is 1. The number of hydrogen-bond donors (Lipinski definition) is 3. The number of carbonyl (C=O) groups excluding carboxylic acids is 2. The van der Waals surface area contributed by atoms with Crippen LogP contribution in [0.25, 0.3) is 0 Å². The van der Waals surface area contributed by atoms with E-state index in [4.69, 9.17) is 0 Å². The van der Waals surface area contributed by atoms with Gasteiger partial charge in [0.15, 0.2) is 5.82 Å². The number of nitrogens with zero attached hydrogens (tertiary/aromatic N) is 1. The predicted molar refractivity (Wildman–Crippen MR) is 106 cm³/mol. The van der Waals surface area contributed by atoms with Crippen molar-refractivity contribution in [3.8, 4) is 0 Å². The molecule has 0 atom stereocenters. The third kappa shape index (κ3) is 4.30. The lowest BCUT2D eigenvalue weighted by Gasteiger charge is -2.15. The fourth-order valence-electron chi connectivity index (χ4n) is 2.55. The van der Waals surface area contributed by atoms with Gasteiger partial charge in [0.05, 0.1) is 11.3 Å². The fourth-order valence-corrected chi connectivity index (χ4v) is 2.55. The number of anilines is 3. The summed E-state index contributed by atoms with van der Waals surface area (Å²) < 4.78 is 0. The molecule has 1 heterocycles. The Bertz CT molecular complexity index is 971. The summed E-state index contributed by atoms with van der Waals surface area (Å²) in [4.78, 5) is 28.9. The van der Waals surface area contributed by atoms with E-state index in [0.29, 0.717) is 22.6 Å². The van der Waals surface area contributed by atoms with Crippen LogP contribution in [0.2, 0.25) is 0 Å². The Balaban J connectivity index is 1.96. The van der Waals surface area contributed by atoms with Crippen LogP contribution in [-0.4, -0.2) is 23.8 Å². The van der Waals surface area contributed by atoms with Gasteiger partial charge in [-0.2, -0.15) is 0 Å². The fraction of sp³-hybridized carbons (Fsp3) is 0.0952. The maximum atomic E-state index is 12.6. The molecule has 0 fully saturated rings. The summed E-state index contributed by atoms with van der Waals surface area (Å²) in [5.74, 6) is -0.0966. The summed E-state index contributed by atoms with van der Waals surface area (Å²) in [6.07, 6.45) is 1.47. The highest BCUT2D eigenvalue weighted by atomic mass is 16.2. The second kappa shape index (κ2) is 8.14. The molecule has 136 valence electrons. The van der Waals surface area contributed by atoms with Gasteiger partial charge in [0, 0.05) is 24.5 Å². The van der Waals surface area contributed by atoms with E-state index in [1.807, 2.05) is 37.3 Å². The molecule has 0 unspecified atom stereocenters. The highest BCUT2D eigenvalue weighted by Gasteiger charge is 2.14. The Kier molecular flexibility index (Phi) is 5.47. The average molecular weight is 360 g/mol. The summed E-state index contributed by atoms with van der Waals surface area (Å²) in [6.45, 7) is 1.98. The lowest BCUT2D eigenvalue weighted by atomic mass is 10.1. The zero-order chi connectivity index (χ0) is 19.2. The second-order valence-corrected chi connectivity index (χ2v) is 5.96. The number of amides is 2. The summed E-state index contributed by atoms with van der Waals surface area (Å²) in [6, 6.07) is 18.2. The SMILES string of the molecule is CNC(=O)c1cnc(Nc2ccccc2C)c(NC(=O)c2ccccc2)c1. The summed E-state index contributed by atoms with van der Waals surface area (Å²) in [5.41, 5.74) is 3.21. The molecule has 0 spiro atoms. The molecule has 1 aromatic heterocycles. The standard InChI is InChI=1S/C21H20N4O2/c1-14-8-6-7-11-17(14)24-19-18(12-16(13-23-19)20(26)22-2)25-21(27)15-9-4-3-5-10-15/h3-13H,1-2H3,(H,22,26)(H,23,24)(H,25,27). The zero-order valence-corrected chi connectivity index (χ0v) is 15.1. The first-order chi connectivity index (χ1) is 13.1. The van der Waals surface area contributed by atoms with Crippen LogP contribution >= 0.6 is 0 Å². The van der Waals surface area contributed by atoms with Crippen molar-refractivity contribution in [3.05, 3.63) is 83.6 Å². The van der Waals surface area contributed by atoms with E-state index in [9.17, 15) is 9.59 Å². The van der Waals surface area contributed by atoms with Gasteiger partial charge in [-0.15, -0.1) is 0 Å². The first-order valence-electron chi connectivity index (χ1n) is 8.49. The van der Waals surface area contributed by atoms with Crippen molar-refractivity contribution < 1.29 is 9.59 Å². The van der Waals surface area contributed by atoms with Crippen molar-refractivity contribution >= 4 is 29.0 Å². The number of carbonyl (C=O) groups is 2. The number of hydrogen-bond acceptors (Lipinski definition) is 4. The van der Waals surface area contributed by atoms with Gasteiger partial charge in [0.2, 0.25) is 0 Å². The van der Waals surface area contributed by atoms with Gasteiger partial charge >= 0.3 is 0 Å². The maximum Gasteiger partial charge on any atom is 0.255 e. The number of nitrogens with one attached hydrogen (secondary N) is 3. The molecule has 0 aliphatic rings. The quantitative estimate of drug-likeness (QED) is 0.647. The minimum atomic E-state index is -0.278. The van der Waals surface area contributed by atoms with Crippen LogP contribution in [0.5, 0.6) is 0 Å². The first kappa shape index (κ1) is 18.1. The molecule has 3 N–H and O–H groups in total. The van der Waals surface area contributed by atoms with Crippen molar-refractivity contribution in [1.82, 2.24) is 10.3 Å². The molecule has 0 radical (unpaired) electrons. The Morgan fingerprint density at radius 2 is 1.56 bits per heavy atom. The van der Waals surface area contributed by atoms with Crippen LogP contribution in [0.4, 0.5) is 17.2 Å². The van der Waals surface area contributed by atoms with Crippen LogP contribution in [0.1, 0.15) is 26.3 Å². The van der Waals surface area contributed by atoms with Gasteiger partial charge in [0.25, 0.3) is 11.8 Å². The molecule has 27 heavy (non-hydrogen) atoms. The molecule has 0 aliphatic carbocycles. The first-order valence-corrected chi connectivity index (χ1v) is 8.49. The highest BCUT2D eigenvalue weighted by Crippen LogP contribution is 2.26. The topological polar surface area (TPSA) is 83.1 Å². The minimum Gasteiger partial charge on any atom is -0.355 e. The molecule has 6 nitrogen and oxygen atoms in total. The summed E-state index contributed by atoms with van der Waals surface area (Å²) >= 11 is 0. The summed E-state index contributed by atoms with van der Waals surface area (Å²) in [7, 11) is 1.55. The number of rotatable bonds is 5. The monoisotopic (exact) mass is 360 g/mol. The molecular weight excluding hydrogens is 340 g/mol. The normalized spacial score (nSPS) is 10.1. The van der Waals surface area contributed by atoms with Crippen molar-refractivity contribution in [3.63, 3.8) is 0 Å².